The number of rotatable bonds is 8. The summed E-state index contributed by atoms with van der Waals surface area (Å²) in [6, 6.07) is 21.3. The van der Waals surface area contributed by atoms with Crippen molar-refractivity contribution in [3.8, 4) is 11.5 Å². The van der Waals surface area contributed by atoms with Gasteiger partial charge in [0.15, 0.2) is 5.17 Å². The summed E-state index contributed by atoms with van der Waals surface area (Å²) in [5.41, 5.74) is 2.17. The average Bonchev–Trinajstić information content (AvgIpc) is 3.52. The number of thioether (sulfide) groups is 1. The topological polar surface area (TPSA) is 92.3 Å². The Hall–Kier alpha value is -3.76. The molecule has 0 spiro atoms. The summed E-state index contributed by atoms with van der Waals surface area (Å²) in [7, 11) is 1.62. The Labute approximate surface area is 217 Å². The van der Waals surface area contributed by atoms with Crippen molar-refractivity contribution in [2.24, 2.45) is 9.39 Å². The third kappa shape index (κ3) is 5.24. The number of hydrogen-bond donors (Lipinski definition) is 1. The first kappa shape index (κ1) is 24.0. The third-order valence-electron chi connectivity index (χ3n) is 5.50. The van der Waals surface area contributed by atoms with E-state index in [1.54, 1.807) is 18.1 Å². The van der Waals surface area contributed by atoms with E-state index in [0.29, 0.717) is 29.2 Å². The molecule has 10 heteroatoms. The molecule has 2 aliphatic heterocycles. The normalized spacial score (nSPS) is 16.1. The summed E-state index contributed by atoms with van der Waals surface area (Å²) in [6.07, 6.45) is 3.63. The van der Waals surface area contributed by atoms with Crippen LogP contribution in [0.15, 0.2) is 87.9 Å². The highest BCUT2D eigenvalue weighted by atomic mass is 32.2. The molecule has 0 atom stereocenters. The van der Waals surface area contributed by atoms with Gasteiger partial charge in [0, 0.05) is 23.7 Å². The zero-order chi connectivity index (χ0) is 24.9. The number of carbonyl (C=O) groups is 1. The Kier molecular flexibility index (Phi) is 7.24. The third-order valence-corrected chi connectivity index (χ3v) is 7.33. The van der Waals surface area contributed by atoms with E-state index in [0.717, 1.165) is 34.7 Å². The number of amides is 1. The van der Waals surface area contributed by atoms with E-state index in [2.05, 4.69) is 9.39 Å². The first-order chi connectivity index (χ1) is 17.6. The molecule has 1 amide bonds. The summed E-state index contributed by atoms with van der Waals surface area (Å²) in [4.78, 5) is 18.6. The number of hydrogen-bond acceptors (Lipinski definition) is 7. The van der Waals surface area contributed by atoms with Crippen molar-refractivity contribution < 1.29 is 14.3 Å². The second-order valence-electron chi connectivity index (χ2n) is 7.83. The molecule has 5 rings (SSSR count). The van der Waals surface area contributed by atoms with Gasteiger partial charge in [-0.25, -0.2) is 4.90 Å². The highest BCUT2D eigenvalue weighted by Gasteiger charge is 2.37. The molecule has 0 saturated carbocycles. The quantitative estimate of drug-likeness (QED) is 0.331. The van der Waals surface area contributed by atoms with Gasteiger partial charge in [-0.3, -0.25) is 10.2 Å². The van der Waals surface area contributed by atoms with Crippen molar-refractivity contribution in [2.45, 2.75) is 12.3 Å². The van der Waals surface area contributed by atoms with E-state index in [-0.39, 0.29) is 11.4 Å². The standard InChI is InChI=1S/C26H23N5O3S2/c1-33-20-10-5-11-21(16-20)34-14-13-30-12-6-9-19(30)15-22-23(27)31-25(28-24(22)32)36-29-26(31)35-17-18-7-3-2-4-8-18/h2-12,15-16,27H,13-14,17H2,1H3. The molecule has 0 fully saturated rings. The SMILES string of the molecule is COc1cccc(OCCn2cccc2C=C2C(=N)N3C(SCc4ccccc4)=NSC3=NC2=O)c1. The Balaban J connectivity index is 1.28. The molecule has 3 aromatic rings. The van der Waals surface area contributed by atoms with Crippen LogP contribution in [0.25, 0.3) is 6.08 Å². The lowest BCUT2D eigenvalue weighted by atomic mass is 10.1. The van der Waals surface area contributed by atoms with Crippen molar-refractivity contribution in [2.75, 3.05) is 13.7 Å². The first-order valence-corrected chi connectivity index (χ1v) is 13.0. The molecule has 182 valence electrons. The van der Waals surface area contributed by atoms with Gasteiger partial charge in [-0.15, -0.1) is 0 Å². The van der Waals surface area contributed by atoms with E-state index in [1.807, 2.05) is 77.5 Å². The van der Waals surface area contributed by atoms with Crippen LogP contribution in [0.5, 0.6) is 11.5 Å². The van der Waals surface area contributed by atoms with E-state index in [1.165, 1.54) is 11.8 Å². The Morgan fingerprint density at radius 2 is 1.92 bits per heavy atom. The fourth-order valence-electron chi connectivity index (χ4n) is 3.68. The second kappa shape index (κ2) is 10.9. The molecule has 3 heterocycles. The molecule has 0 bridgehead atoms. The average molecular weight is 518 g/mol. The largest absolute Gasteiger partial charge is 0.497 e. The monoisotopic (exact) mass is 517 g/mol. The van der Waals surface area contributed by atoms with Gasteiger partial charge in [0.25, 0.3) is 5.91 Å². The summed E-state index contributed by atoms with van der Waals surface area (Å²) in [6.45, 7) is 1.000. The first-order valence-electron chi connectivity index (χ1n) is 11.2. The lowest BCUT2D eigenvalue weighted by Crippen LogP contribution is -2.41. The molecule has 36 heavy (non-hydrogen) atoms. The van der Waals surface area contributed by atoms with Gasteiger partial charge < -0.3 is 14.0 Å². The van der Waals surface area contributed by atoms with Crippen LogP contribution in [0.1, 0.15) is 11.3 Å². The highest BCUT2D eigenvalue weighted by molar-refractivity contribution is 8.18. The molecule has 0 aliphatic carbocycles. The Bertz CT molecular complexity index is 1380. The Morgan fingerprint density at radius 1 is 1.08 bits per heavy atom. The van der Waals surface area contributed by atoms with Crippen LogP contribution in [-0.2, 0) is 17.1 Å². The number of aromatic nitrogens is 1. The van der Waals surface area contributed by atoms with Crippen molar-refractivity contribution in [1.29, 1.82) is 5.41 Å². The molecule has 8 nitrogen and oxygen atoms in total. The molecule has 0 radical (unpaired) electrons. The van der Waals surface area contributed by atoms with Crippen LogP contribution in [0.2, 0.25) is 0 Å². The van der Waals surface area contributed by atoms with Crippen LogP contribution < -0.4 is 9.47 Å². The Morgan fingerprint density at radius 3 is 2.75 bits per heavy atom. The molecular formula is C26H23N5O3S2. The van der Waals surface area contributed by atoms with E-state index in [9.17, 15) is 4.79 Å². The zero-order valence-corrected chi connectivity index (χ0v) is 21.1. The maximum Gasteiger partial charge on any atom is 0.283 e. The molecule has 2 aromatic carbocycles. The minimum absolute atomic E-state index is 0.0784. The number of ether oxygens (including phenoxy) is 2. The number of fused-ring (bicyclic) bond motifs is 1. The maximum absolute atomic E-state index is 12.8. The number of amidine groups is 3. The van der Waals surface area contributed by atoms with Gasteiger partial charge in [0.1, 0.15) is 23.9 Å². The minimum atomic E-state index is -0.441. The highest BCUT2D eigenvalue weighted by Crippen LogP contribution is 2.33. The number of nitrogens with zero attached hydrogens (tertiary/aromatic N) is 4. The van der Waals surface area contributed by atoms with Gasteiger partial charge in [0.2, 0.25) is 5.17 Å². The maximum atomic E-state index is 12.8. The van der Waals surface area contributed by atoms with E-state index in [4.69, 9.17) is 14.9 Å². The van der Waals surface area contributed by atoms with Crippen LogP contribution in [0.3, 0.4) is 0 Å². The fourth-order valence-corrected chi connectivity index (χ4v) is 5.48. The van der Waals surface area contributed by atoms with Crippen LogP contribution in [0, 0.1) is 5.41 Å². The van der Waals surface area contributed by atoms with Gasteiger partial charge in [-0.05, 0) is 35.9 Å². The number of benzene rings is 2. The van der Waals surface area contributed by atoms with Crippen LogP contribution >= 0.6 is 23.7 Å². The number of carbonyl (C=O) groups excluding carboxylic acids is 1. The fraction of sp³-hybridized carbons (Fsp3) is 0.154. The van der Waals surface area contributed by atoms with E-state index >= 15 is 0 Å². The van der Waals surface area contributed by atoms with Gasteiger partial charge in [-0.2, -0.15) is 9.39 Å². The van der Waals surface area contributed by atoms with Crippen LogP contribution in [-0.4, -0.2) is 45.3 Å². The summed E-state index contributed by atoms with van der Waals surface area (Å²) >= 11 is 2.64. The predicted octanol–water partition coefficient (Wildman–Crippen LogP) is 5.09. The van der Waals surface area contributed by atoms with Gasteiger partial charge in [-0.1, -0.05) is 48.2 Å². The lowest BCUT2D eigenvalue weighted by molar-refractivity contribution is -0.114. The van der Waals surface area contributed by atoms with Gasteiger partial charge >= 0.3 is 0 Å². The summed E-state index contributed by atoms with van der Waals surface area (Å²) in [5, 5.41) is 9.84. The van der Waals surface area contributed by atoms with Crippen molar-refractivity contribution >= 4 is 51.9 Å². The second-order valence-corrected chi connectivity index (χ2v) is 9.51. The molecule has 1 N–H and O–H groups in total. The number of aliphatic imine (C=N–C) groups is 1. The molecule has 0 unspecified atom stereocenters. The number of nitrogens with one attached hydrogen (secondary N) is 1. The van der Waals surface area contributed by atoms with Gasteiger partial charge in [0.05, 0.1) is 31.2 Å². The summed E-state index contributed by atoms with van der Waals surface area (Å²) in [5.74, 6) is 1.80. The predicted molar refractivity (Wildman–Crippen MR) is 146 cm³/mol. The minimum Gasteiger partial charge on any atom is -0.497 e. The molecule has 0 saturated heterocycles. The lowest BCUT2D eigenvalue weighted by Gasteiger charge is -2.24. The van der Waals surface area contributed by atoms with E-state index < -0.39 is 5.91 Å². The zero-order valence-electron chi connectivity index (χ0n) is 19.5. The molecule has 2 aliphatic rings. The van der Waals surface area contributed by atoms with Crippen molar-refractivity contribution in [3.63, 3.8) is 0 Å². The molecular weight excluding hydrogens is 494 g/mol. The van der Waals surface area contributed by atoms with Crippen molar-refractivity contribution in [3.05, 3.63) is 89.8 Å². The summed E-state index contributed by atoms with van der Waals surface area (Å²) < 4.78 is 17.5. The van der Waals surface area contributed by atoms with Crippen molar-refractivity contribution in [1.82, 2.24) is 9.47 Å². The molecule has 1 aromatic heterocycles. The smallest absolute Gasteiger partial charge is 0.283 e. The van der Waals surface area contributed by atoms with Crippen LogP contribution in [0.4, 0.5) is 0 Å². The number of methoxy groups -OCH3 is 1.